The number of aliphatic hydroxyl groups is 1. The molecule has 1 aromatic heterocycles. The Balaban J connectivity index is 0.00000109. The van der Waals surface area contributed by atoms with Gasteiger partial charge in [0.15, 0.2) is 0 Å². The quantitative estimate of drug-likeness (QED) is 0.632. The van der Waals surface area contributed by atoms with Crippen LogP contribution in [0, 0.1) is 5.92 Å². The van der Waals surface area contributed by atoms with Crippen LogP contribution in [0.15, 0.2) is 41.7 Å². The number of hydrogen-bond donors (Lipinski definition) is 2. The maximum absolute atomic E-state index is 7.00. The predicted octanol–water partition coefficient (Wildman–Crippen LogP) is 3.60. The van der Waals surface area contributed by atoms with Crippen LogP contribution in [0.1, 0.15) is 30.5 Å². The minimum absolute atomic E-state index is 0.0285. The van der Waals surface area contributed by atoms with Gasteiger partial charge < -0.3 is 15.6 Å². The number of aromatic nitrogens is 1. The smallest absolute Gasteiger partial charge is 0.282 e. The average Bonchev–Trinajstić information content (AvgIpc) is 2.63. The molecule has 1 aliphatic rings. The summed E-state index contributed by atoms with van der Waals surface area (Å²) < 4.78 is 5.03. The predicted molar refractivity (Wildman–Crippen MR) is 102 cm³/mol. The Bertz CT molecular complexity index is 749. The summed E-state index contributed by atoms with van der Waals surface area (Å²) in [6, 6.07) is 8.64. The van der Waals surface area contributed by atoms with Crippen molar-refractivity contribution in [2.75, 3.05) is 14.2 Å². The van der Waals surface area contributed by atoms with Crippen molar-refractivity contribution in [1.29, 1.82) is 0 Å². The van der Waals surface area contributed by atoms with Gasteiger partial charge in [-0.3, -0.25) is 4.98 Å². The lowest BCUT2D eigenvalue weighted by Gasteiger charge is -2.28. The first kappa shape index (κ1) is 19.2. The summed E-state index contributed by atoms with van der Waals surface area (Å²) in [4.78, 5) is 8.69. The summed E-state index contributed by atoms with van der Waals surface area (Å²) in [5.41, 5.74) is 10.4. The van der Waals surface area contributed by atoms with E-state index in [1.54, 1.807) is 13.3 Å². The standard InChI is InChI=1S/C18H20ClN3O.CH4O/c1-11-5-13-4-3-12(14-7-15(19)10-21-9-14)8-16(13)17(6-11)22-18(20)23-2;1-2/h3-4,7-11,17H,5-6H2,1-2H3,(H2,20,22);2H,1H3. The molecule has 0 amide bonds. The summed E-state index contributed by atoms with van der Waals surface area (Å²) in [6.45, 7) is 2.24. The van der Waals surface area contributed by atoms with Gasteiger partial charge in [0.1, 0.15) is 0 Å². The number of benzene rings is 1. The second-order valence-electron chi connectivity index (χ2n) is 6.04. The van der Waals surface area contributed by atoms with Gasteiger partial charge in [0.05, 0.1) is 18.2 Å². The zero-order chi connectivity index (χ0) is 18.4. The van der Waals surface area contributed by atoms with Gasteiger partial charge in [-0.1, -0.05) is 30.7 Å². The zero-order valence-corrected chi connectivity index (χ0v) is 15.5. The number of methoxy groups -OCH3 is 1. The Morgan fingerprint density at radius 3 is 2.72 bits per heavy atom. The highest BCUT2D eigenvalue weighted by atomic mass is 35.5. The van der Waals surface area contributed by atoms with E-state index in [1.165, 1.54) is 11.1 Å². The number of nitrogens with zero attached hydrogens (tertiary/aromatic N) is 2. The fourth-order valence-electron chi connectivity index (χ4n) is 3.14. The molecule has 2 aromatic rings. The van der Waals surface area contributed by atoms with Crippen LogP contribution in [0.3, 0.4) is 0 Å². The topological polar surface area (TPSA) is 80.7 Å². The molecular formula is C19H24ClN3O2. The van der Waals surface area contributed by atoms with Crippen LogP contribution in [0.4, 0.5) is 0 Å². The minimum atomic E-state index is 0.0285. The number of pyridine rings is 1. The summed E-state index contributed by atoms with van der Waals surface area (Å²) in [5.74, 6) is 0.569. The second-order valence-corrected chi connectivity index (χ2v) is 6.47. The molecule has 134 valence electrons. The molecule has 0 spiro atoms. The number of rotatable bonds is 2. The first-order valence-electron chi connectivity index (χ1n) is 8.12. The van der Waals surface area contributed by atoms with Gasteiger partial charge in [-0.15, -0.1) is 0 Å². The number of ether oxygens (including phenoxy) is 1. The van der Waals surface area contributed by atoms with E-state index in [0.29, 0.717) is 10.9 Å². The summed E-state index contributed by atoms with van der Waals surface area (Å²) in [7, 11) is 2.54. The number of aliphatic imine (C=N–C) groups is 1. The monoisotopic (exact) mass is 361 g/mol. The van der Waals surface area contributed by atoms with Crippen LogP contribution < -0.4 is 5.73 Å². The van der Waals surface area contributed by atoms with Crippen LogP contribution in [0.25, 0.3) is 11.1 Å². The Morgan fingerprint density at radius 2 is 2.04 bits per heavy atom. The molecule has 1 aliphatic carbocycles. The first-order chi connectivity index (χ1) is 12.1. The summed E-state index contributed by atoms with van der Waals surface area (Å²) >= 11 is 6.06. The van der Waals surface area contributed by atoms with Crippen LogP contribution in [-0.2, 0) is 11.2 Å². The van der Waals surface area contributed by atoms with Gasteiger partial charge in [0.2, 0.25) is 0 Å². The molecule has 0 fully saturated rings. The number of amidine groups is 1. The number of halogens is 1. The Kier molecular flexibility index (Phi) is 6.79. The largest absolute Gasteiger partial charge is 0.469 e. The van der Waals surface area contributed by atoms with Crippen LogP contribution in [-0.4, -0.2) is 30.3 Å². The lowest BCUT2D eigenvalue weighted by molar-refractivity contribution is 0.379. The zero-order valence-electron chi connectivity index (χ0n) is 14.7. The molecule has 5 nitrogen and oxygen atoms in total. The van der Waals surface area contributed by atoms with Gasteiger partial charge >= 0.3 is 0 Å². The van der Waals surface area contributed by atoms with E-state index in [-0.39, 0.29) is 12.1 Å². The SMILES string of the molecule is CO.COC(N)=NC1CC(C)Cc2ccc(-c3cncc(Cl)c3)cc21. The maximum atomic E-state index is 7.00. The van der Waals surface area contributed by atoms with Crippen molar-refractivity contribution < 1.29 is 9.84 Å². The van der Waals surface area contributed by atoms with E-state index in [0.717, 1.165) is 31.1 Å². The van der Waals surface area contributed by atoms with E-state index < -0.39 is 0 Å². The van der Waals surface area contributed by atoms with Gasteiger partial charge in [0.25, 0.3) is 6.02 Å². The lowest BCUT2D eigenvalue weighted by Crippen LogP contribution is -2.20. The van der Waals surface area contributed by atoms with Crippen LogP contribution >= 0.6 is 11.6 Å². The molecule has 0 aliphatic heterocycles. The van der Waals surface area contributed by atoms with E-state index in [2.05, 4.69) is 35.1 Å². The molecule has 0 saturated heterocycles. The number of nitrogens with two attached hydrogens (primary N) is 1. The van der Waals surface area contributed by atoms with Crippen LogP contribution in [0.2, 0.25) is 5.02 Å². The van der Waals surface area contributed by atoms with E-state index in [1.807, 2.05) is 12.3 Å². The Hall–Kier alpha value is -2.11. The third-order valence-electron chi connectivity index (χ3n) is 4.23. The maximum Gasteiger partial charge on any atom is 0.282 e. The molecule has 25 heavy (non-hydrogen) atoms. The molecular weight excluding hydrogens is 338 g/mol. The van der Waals surface area contributed by atoms with E-state index in [4.69, 9.17) is 27.2 Å². The fourth-order valence-corrected chi connectivity index (χ4v) is 3.31. The normalized spacial score (nSPS) is 19.5. The van der Waals surface area contributed by atoms with Gasteiger partial charge in [-0.25, -0.2) is 4.99 Å². The van der Waals surface area contributed by atoms with Gasteiger partial charge in [-0.2, -0.15) is 0 Å². The second kappa shape index (κ2) is 8.83. The summed E-state index contributed by atoms with van der Waals surface area (Å²) in [6.07, 6.45) is 5.48. The minimum Gasteiger partial charge on any atom is -0.469 e. The highest BCUT2D eigenvalue weighted by Gasteiger charge is 2.25. The highest BCUT2D eigenvalue weighted by Crippen LogP contribution is 2.38. The van der Waals surface area contributed by atoms with Crippen molar-refractivity contribution >= 4 is 17.6 Å². The molecule has 0 bridgehead atoms. The van der Waals surface area contributed by atoms with Crippen LogP contribution in [0.5, 0.6) is 0 Å². The molecule has 3 rings (SSSR count). The number of aliphatic hydroxyl groups excluding tert-OH is 1. The molecule has 3 N–H and O–H groups in total. The third-order valence-corrected chi connectivity index (χ3v) is 4.44. The molecule has 1 aromatic carbocycles. The first-order valence-corrected chi connectivity index (χ1v) is 8.50. The Morgan fingerprint density at radius 1 is 1.28 bits per heavy atom. The lowest BCUT2D eigenvalue weighted by atomic mass is 9.80. The van der Waals surface area contributed by atoms with Crippen molar-refractivity contribution in [2.45, 2.75) is 25.8 Å². The summed E-state index contributed by atoms with van der Waals surface area (Å²) in [5, 5.41) is 7.63. The Labute approximate surface area is 153 Å². The van der Waals surface area contributed by atoms with Crippen molar-refractivity contribution in [3.05, 3.63) is 52.8 Å². The van der Waals surface area contributed by atoms with Gasteiger partial charge in [-0.05, 0) is 47.6 Å². The molecule has 0 radical (unpaired) electrons. The van der Waals surface area contributed by atoms with E-state index in [9.17, 15) is 0 Å². The third kappa shape index (κ3) is 4.71. The van der Waals surface area contributed by atoms with Gasteiger partial charge in [0, 0.05) is 25.1 Å². The van der Waals surface area contributed by atoms with Crippen molar-refractivity contribution in [3.63, 3.8) is 0 Å². The molecule has 0 saturated carbocycles. The van der Waals surface area contributed by atoms with Crippen molar-refractivity contribution in [1.82, 2.24) is 4.98 Å². The van der Waals surface area contributed by atoms with Crippen molar-refractivity contribution in [2.24, 2.45) is 16.6 Å². The number of fused-ring (bicyclic) bond motifs is 1. The van der Waals surface area contributed by atoms with Crippen molar-refractivity contribution in [3.8, 4) is 11.1 Å². The number of hydrogen-bond acceptors (Lipinski definition) is 4. The highest BCUT2D eigenvalue weighted by molar-refractivity contribution is 6.30. The van der Waals surface area contributed by atoms with E-state index >= 15 is 0 Å². The fraction of sp³-hybridized carbons (Fsp3) is 0.368. The molecule has 1 heterocycles. The molecule has 2 atom stereocenters. The average molecular weight is 362 g/mol. The molecule has 2 unspecified atom stereocenters. The molecule has 6 heteroatoms.